The van der Waals surface area contributed by atoms with Crippen LogP contribution in [0.4, 0.5) is 0 Å². The highest BCUT2D eigenvalue weighted by molar-refractivity contribution is 6.23. The molecule has 8 aromatic rings. The van der Waals surface area contributed by atoms with Crippen molar-refractivity contribution >= 4 is 43.7 Å². The van der Waals surface area contributed by atoms with Crippen molar-refractivity contribution in [2.45, 2.75) is 31.6 Å². The zero-order valence-electron chi connectivity index (χ0n) is 25.6. The van der Waals surface area contributed by atoms with Crippen LogP contribution in [0, 0.1) is 0 Å². The molecule has 46 heavy (non-hydrogen) atoms. The summed E-state index contributed by atoms with van der Waals surface area (Å²) in [6, 6.07) is 44.1. The lowest BCUT2D eigenvalue weighted by molar-refractivity contribution is 0.740. The summed E-state index contributed by atoms with van der Waals surface area (Å²) in [5.74, 6) is 0.418. The molecule has 0 amide bonds. The Hall–Kier alpha value is -5.40. The molecule has 0 fully saturated rings. The summed E-state index contributed by atoms with van der Waals surface area (Å²) in [5, 5.41) is 5.33. The maximum absolute atomic E-state index is 2.48. The lowest BCUT2D eigenvalue weighted by atomic mass is 9.85. The Morgan fingerprint density at radius 3 is 2.30 bits per heavy atom. The van der Waals surface area contributed by atoms with Crippen molar-refractivity contribution in [1.82, 2.24) is 4.40 Å². The standard InChI is InChI=1S/C45H31N/c1-2-9-27(10-3-1)29-18-17-28-19-21-35-32-11-4-5-13-34(32)43-31(22-23-36(44(35)43)39(28)25-29)30-20-24-42-40(26-30)38-15-8-14-37-33-12-6-7-16-41(33)46(42)45(37)38/h2,4-18,20,22-26,35H,1,3,19,21H2. The molecule has 3 aliphatic rings. The van der Waals surface area contributed by atoms with Gasteiger partial charge in [0.15, 0.2) is 0 Å². The maximum Gasteiger partial charge on any atom is 0.0620 e. The minimum atomic E-state index is 0.418. The van der Waals surface area contributed by atoms with E-state index in [-0.39, 0.29) is 0 Å². The molecule has 6 aromatic carbocycles. The molecule has 2 heterocycles. The fraction of sp³-hybridized carbons (Fsp3) is 0.111. The number of hydrogen-bond donors (Lipinski definition) is 0. The third-order valence-electron chi connectivity index (χ3n) is 11.2. The smallest absolute Gasteiger partial charge is 0.0620 e. The van der Waals surface area contributed by atoms with Gasteiger partial charge in [-0.25, -0.2) is 0 Å². The maximum atomic E-state index is 2.48. The van der Waals surface area contributed by atoms with Crippen molar-refractivity contribution in [3.63, 3.8) is 0 Å². The van der Waals surface area contributed by atoms with Gasteiger partial charge in [-0.15, -0.1) is 0 Å². The zero-order chi connectivity index (χ0) is 29.9. The molecule has 0 aliphatic heterocycles. The summed E-state index contributed by atoms with van der Waals surface area (Å²) in [6.07, 6.45) is 11.5. The molecule has 11 rings (SSSR count). The first-order chi connectivity index (χ1) is 22.8. The largest absolute Gasteiger partial charge is 0.308 e. The van der Waals surface area contributed by atoms with Crippen LogP contribution >= 0.6 is 0 Å². The number of benzene rings is 6. The van der Waals surface area contributed by atoms with Crippen molar-refractivity contribution in [3.8, 4) is 33.4 Å². The molecule has 0 spiro atoms. The van der Waals surface area contributed by atoms with Crippen LogP contribution in [0.15, 0.2) is 133 Å². The van der Waals surface area contributed by atoms with Crippen LogP contribution in [-0.4, -0.2) is 4.40 Å². The van der Waals surface area contributed by atoms with Gasteiger partial charge >= 0.3 is 0 Å². The number of rotatable bonds is 2. The van der Waals surface area contributed by atoms with Crippen LogP contribution < -0.4 is 0 Å². The summed E-state index contributed by atoms with van der Waals surface area (Å²) < 4.78 is 2.48. The quantitative estimate of drug-likeness (QED) is 0.190. The highest BCUT2D eigenvalue weighted by atomic mass is 14.9. The van der Waals surface area contributed by atoms with Crippen molar-refractivity contribution in [1.29, 1.82) is 0 Å². The van der Waals surface area contributed by atoms with Gasteiger partial charge in [0.05, 0.1) is 16.6 Å². The molecular weight excluding hydrogens is 555 g/mol. The van der Waals surface area contributed by atoms with E-state index in [9.17, 15) is 0 Å². The molecule has 1 unspecified atom stereocenters. The Balaban J connectivity index is 1.17. The third kappa shape index (κ3) is 3.20. The SMILES string of the molecule is C1=CC(c2ccc3c(c2)-c2ccc(-c4ccc5c(c4)c4cccc6c7ccccc7n5c64)c4c2C(CC3)c2ccccc2-4)=CCC1. The van der Waals surface area contributed by atoms with Gasteiger partial charge in [0.25, 0.3) is 0 Å². The van der Waals surface area contributed by atoms with Gasteiger partial charge in [-0.05, 0) is 111 Å². The fourth-order valence-corrected chi connectivity index (χ4v) is 9.18. The predicted octanol–water partition coefficient (Wildman–Crippen LogP) is 12.0. The lowest BCUT2D eigenvalue weighted by Gasteiger charge is -2.18. The zero-order valence-corrected chi connectivity index (χ0v) is 25.6. The van der Waals surface area contributed by atoms with Crippen molar-refractivity contribution in [2.75, 3.05) is 0 Å². The number of aromatic nitrogens is 1. The molecule has 216 valence electrons. The van der Waals surface area contributed by atoms with Gasteiger partial charge < -0.3 is 4.40 Å². The number of aryl methyl sites for hydroxylation is 1. The number of para-hydroxylation sites is 2. The number of nitrogens with zero attached hydrogens (tertiary/aromatic N) is 1. The van der Waals surface area contributed by atoms with Crippen LogP contribution in [0.3, 0.4) is 0 Å². The van der Waals surface area contributed by atoms with E-state index >= 15 is 0 Å². The Morgan fingerprint density at radius 2 is 1.37 bits per heavy atom. The van der Waals surface area contributed by atoms with Gasteiger partial charge in [0.1, 0.15) is 0 Å². The second-order valence-electron chi connectivity index (χ2n) is 13.4. The van der Waals surface area contributed by atoms with Crippen LogP contribution in [-0.2, 0) is 6.42 Å². The first kappa shape index (κ1) is 24.9. The van der Waals surface area contributed by atoms with Crippen LogP contribution in [0.5, 0.6) is 0 Å². The van der Waals surface area contributed by atoms with Gasteiger partial charge in [-0.2, -0.15) is 0 Å². The molecule has 1 heteroatoms. The highest BCUT2D eigenvalue weighted by Crippen LogP contribution is 2.56. The number of hydrogen-bond acceptors (Lipinski definition) is 0. The second-order valence-corrected chi connectivity index (χ2v) is 13.4. The summed E-state index contributed by atoms with van der Waals surface area (Å²) in [4.78, 5) is 0. The summed E-state index contributed by atoms with van der Waals surface area (Å²) in [6.45, 7) is 0. The first-order valence-electron chi connectivity index (χ1n) is 16.8. The molecule has 0 saturated carbocycles. The van der Waals surface area contributed by atoms with E-state index in [4.69, 9.17) is 0 Å². The van der Waals surface area contributed by atoms with Gasteiger partial charge in [0.2, 0.25) is 0 Å². The first-order valence-corrected chi connectivity index (χ1v) is 16.8. The van der Waals surface area contributed by atoms with Crippen molar-refractivity contribution in [3.05, 3.63) is 156 Å². The Labute approximate surface area is 268 Å². The molecule has 0 bridgehead atoms. The normalized spacial score (nSPS) is 16.6. The second kappa shape index (κ2) is 9.08. The average Bonchev–Trinajstić information content (AvgIpc) is 3.72. The van der Waals surface area contributed by atoms with Crippen LogP contribution in [0.1, 0.15) is 47.4 Å². The summed E-state index contributed by atoms with van der Waals surface area (Å²) in [7, 11) is 0. The van der Waals surface area contributed by atoms with E-state index in [2.05, 4.69) is 138 Å². The van der Waals surface area contributed by atoms with E-state index in [1.165, 1.54) is 99.3 Å². The third-order valence-corrected chi connectivity index (χ3v) is 11.2. The van der Waals surface area contributed by atoms with E-state index in [1.807, 2.05) is 0 Å². The minimum Gasteiger partial charge on any atom is -0.308 e. The summed E-state index contributed by atoms with van der Waals surface area (Å²) in [5.41, 5.74) is 19.4. The molecule has 0 saturated heterocycles. The molecule has 1 nitrogen and oxygen atoms in total. The van der Waals surface area contributed by atoms with E-state index in [1.54, 1.807) is 0 Å². The van der Waals surface area contributed by atoms with Crippen LogP contribution in [0.25, 0.3) is 77.0 Å². The molecule has 3 aliphatic carbocycles. The monoisotopic (exact) mass is 585 g/mol. The Bertz CT molecular complexity index is 2640. The molecule has 0 N–H and O–H groups in total. The highest BCUT2D eigenvalue weighted by Gasteiger charge is 2.35. The number of fused-ring (bicyclic) bond motifs is 11. The predicted molar refractivity (Wildman–Crippen MR) is 194 cm³/mol. The fourth-order valence-electron chi connectivity index (χ4n) is 9.18. The van der Waals surface area contributed by atoms with Crippen LogP contribution in [0.2, 0.25) is 0 Å². The lowest BCUT2D eigenvalue weighted by Crippen LogP contribution is -1.97. The van der Waals surface area contributed by atoms with Gasteiger partial charge in [-0.1, -0.05) is 109 Å². The molecule has 0 radical (unpaired) electrons. The molecular formula is C45H31N. The van der Waals surface area contributed by atoms with Crippen molar-refractivity contribution in [2.24, 2.45) is 0 Å². The topological polar surface area (TPSA) is 4.41 Å². The van der Waals surface area contributed by atoms with E-state index in [0.29, 0.717) is 5.92 Å². The number of allylic oxidation sites excluding steroid dienone is 4. The minimum absolute atomic E-state index is 0.418. The molecule has 1 atom stereocenters. The van der Waals surface area contributed by atoms with Gasteiger partial charge in [0, 0.05) is 27.5 Å². The van der Waals surface area contributed by atoms with Gasteiger partial charge in [-0.3, -0.25) is 0 Å². The average molecular weight is 586 g/mol. The molecule has 2 aromatic heterocycles. The Kier molecular flexibility index (Phi) is 4.91. The van der Waals surface area contributed by atoms with E-state index in [0.717, 1.165) is 25.7 Å². The van der Waals surface area contributed by atoms with E-state index < -0.39 is 0 Å². The summed E-state index contributed by atoms with van der Waals surface area (Å²) >= 11 is 0. The Morgan fingerprint density at radius 1 is 0.565 bits per heavy atom. The van der Waals surface area contributed by atoms with Crippen molar-refractivity contribution < 1.29 is 0 Å².